The predicted molar refractivity (Wildman–Crippen MR) is 57.2 cm³/mol. The van der Waals surface area contributed by atoms with Crippen LogP contribution < -0.4 is 4.90 Å². The first-order valence-corrected chi connectivity index (χ1v) is 5.01. The standard InChI is InChI=1S/C10H11N3O3/c1-7-5-8(13(15)16)6-9(11-7)12-4-2-3-10(12)14/h5-6H,2-4H2,1H3. The van der Waals surface area contributed by atoms with Crippen molar-refractivity contribution in [3.05, 3.63) is 27.9 Å². The van der Waals surface area contributed by atoms with Gasteiger partial charge in [0.05, 0.1) is 11.0 Å². The van der Waals surface area contributed by atoms with E-state index in [9.17, 15) is 14.9 Å². The quantitative estimate of drug-likeness (QED) is 0.559. The molecule has 1 aromatic heterocycles. The smallest absolute Gasteiger partial charge is 0.274 e. The zero-order valence-electron chi connectivity index (χ0n) is 8.84. The van der Waals surface area contributed by atoms with Crippen molar-refractivity contribution in [2.75, 3.05) is 11.4 Å². The molecule has 6 heteroatoms. The number of pyridine rings is 1. The minimum Gasteiger partial charge on any atom is -0.297 e. The van der Waals surface area contributed by atoms with Crippen LogP contribution >= 0.6 is 0 Å². The maximum absolute atomic E-state index is 11.5. The summed E-state index contributed by atoms with van der Waals surface area (Å²) in [5.41, 5.74) is 0.520. The molecule has 84 valence electrons. The van der Waals surface area contributed by atoms with Gasteiger partial charge in [0.25, 0.3) is 5.69 Å². The molecular formula is C10H11N3O3. The Morgan fingerprint density at radius 2 is 2.25 bits per heavy atom. The lowest BCUT2D eigenvalue weighted by molar-refractivity contribution is -0.384. The predicted octanol–water partition coefficient (Wildman–Crippen LogP) is 1.43. The Labute approximate surface area is 92.0 Å². The van der Waals surface area contributed by atoms with Crippen molar-refractivity contribution in [3.63, 3.8) is 0 Å². The highest BCUT2D eigenvalue weighted by atomic mass is 16.6. The van der Waals surface area contributed by atoms with Crippen LogP contribution in [0.5, 0.6) is 0 Å². The molecule has 0 spiro atoms. The molecule has 0 saturated carbocycles. The Kier molecular flexibility index (Phi) is 2.55. The SMILES string of the molecule is Cc1cc([N+](=O)[O-])cc(N2CCCC2=O)n1. The second-order valence-corrected chi connectivity index (χ2v) is 3.73. The van der Waals surface area contributed by atoms with E-state index in [0.29, 0.717) is 24.5 Å². The summed E-state index contributed by atoms with van der Waals surface area (Å²) in [6, 6.07) is 2.74. The van der Waals surface area contributed by atoms with E-state index in [1.165, 1.54) is 17.0 Å². The first-order valence-electron chi connectivity index (χ1n) is 5.01. The van der Waals surface area contributed by atoms with Crippen LogP contribution in [-0.4, -0.2) is 22.4 Å². The van der Waals surface area contributed by atoms with Crippen molar-refractivity contribution in [1.82, 2.24) is 4.98 Å². The van der Waals surface area contributed by atoms with Gasteiger partial charge < -0.3 is 0 Å². The van der Waals surface area contributed by atoms with E-state index in [1.54, 1.807) is 6.92 Å². The second-order valence-electron chi connectivity index (χ2n) is 3.73. The maximum atomic E-state index is 11.5. The topological polar surface area (TPSA) is 76.3 Å². The van der Waals surface area contributed by atoms with Gasteiger partial charge in [-0.3, -0.25) is 19.8 Å². The molecule has 2 heterocycles. The first-order chi connectivity index (χ1) is 7.58. The third kappa shape index (κ3) is 1.86. The minimum absolute atomic E-state index is 0.0209. The summed E-state index contributed by atoms with van der Waals surface area (Å²) in [5, 5.41) is 10.7. The maximum Gasteiger partial charge on any atom is 0.274 e. The fourth-order valence-electron chi connectivity index (χ4n) is 1.77. The molecule has 0 aliphatic carbocycles. The lowest BCUT2D eigenvalue weighted by Gasteiger charge is -2.14. The van der Waals surface area contributed by atoms with E-state index in [-0.39, 0.29) is 11.6 Å². The summed E-state index contributed by atoms with van der Waals surface area (Å²) in [6.07, 6.45) is 1.27. The van der Waals surface area contributed by atoms with Gasteiger partial charge >= 0.3 is 0 Å². The van der Waals surface area contributed by atoms with E-state index in [2.05, 4.69) is 4.98 Å². The third-order valence-corrected chi connectivity index (χ3v) is 2.49. The third-order valence-electron chi connectivity index (χ3n) is 2.49. The number of hydrogen-bond acceptors (Lipinski definition) is 4. The number of aryl methyl sites for hydroxylation is 1. The summed E-state index contributed by atoms with van der Waals surface area (Å²) >= 11 is 0. The molecule has 2 rings (SSSR count). The monoisotopic (exact) mass is 221 g/mol. The van der Waals surface area contributed by atoms with Crippen LogP contribution in [0.2, 0.25) is 0 Å². The van der Waals surface area contributed by atoms with Gasteiger partial charge in [0.2, 0.25) is 5.91 Å². The largest absolute Gasteiger partial charge is 0.297 e. The number of hydrogen-bond donors (Lipinski definition) is 0. The number of rotatable bonds is 2. The molecule has 1 saturated heterocycles. The number of nitrogens with zero attached hydrogens (tertiary/aromatic N) is 3. The zero-order valence-corrected chi connectivity index (χ0v) is 8.84. The Morgan fingerprint density at radius 3 is 2.81 bits per heavy atom. The summed E-state index contributed by atoms with van der Waals surface area (Å²) in [7, 11) is 0. The van der Waals surface area contributed by atoms with Gasteiger partial charge in [-0.2, -0.15) is 0 Å². The molecule has 0 aromatic carbocycles. The van der Waals surface area contributed by atoms with Crippen molar-refractivity contribution in [2.24, 2.45) is 0 Å². The van der Waals surface area contributed by atoms with Gasteiger partial charge in [0.1, 0.15) is 5.82 Å². The number of amides is 1. The molecule has 0 atom stereocenters. The molecule has 0 unspecified atom stereocenters. The summed E-state index contributed by atoms with van der Waals surface area (Å²) in [4.78, 5) is 27.3. The fraction of sp³-hybridized carbons (Fsp3) is 0.400. The van der Waals surface area contributed by atoms with E-state index >= 15 is 0 Å². The molecule has 16 heavy (non-hydrogen) atoms. The molecule has 1 aliphatic heterocycles. The van der Waals surface area contributed by atoms with Crippen molar-refractivity contribution in [3.8, 4) is 0 Å². The second kappa shape index (κ2) is 3.88. The van der Waals surface area contributed by atoms with Crippen LogP contribution in [0, 0.1) is 17.0 Å². The highest BCUT2D eigenvalue weighted by Crippen LogP contribution is 2.24. The lowest BCUT2D eigenvalue weighted by atomic mass is 10.3. The minimum atomic E-state index is -0.473. The van der Waals surface area contributed by atoms with E-state index in [0.717, 1.165) is 6.42 Å². The van der Waals surface area contributed by atoms with Gasteiger partial charge in [-0.15, -0.1) is 0 Å². The molecular weight excluding hydrogens is 210 g/mol. The fourth-order valence-corrected chi connectivity index (χ4v) is 1.77. The van der Waals surface area contributed by atoms with E-state index < -0.39 is 4.92 Å². The highest BCUT2D eigenvalue weighted by molar-refractivity contribution is 5.94. The van der Waals surface area contributed by atoms with Crippen molar-refractivity contribution in [2.45, 2.75) is 19.8 Å². The van der Waals surface area contributed by atoms with Gasteiger partial charge in [-0.25, -0.2) is 4.98 Å². The Bertz CT molecular complexity index is 459. The highest BCUT2D eigenvalue weighted by Gasteiger charge is 2.24. The summed E-state index contributed by atoms with van der Waals surface area (Å²) in [5.74, 6) is 0.363. The van der Waals surface area contributed by atoms with Crippen LogP contribution in [0.3, 0.4) is 0 Å². The molecule has 1 aromatic rings. The normalized spacial score (nSPS) is 15.6. The Morgan fingerprint density at radius 1 is 1.50 bits per heavy atom. The molecule has 1 fully saturated rings. The number of nitro groups is 1. The molecule has 1 aliphatic rings. The Hall–Kier alpha value is -1.98. The van der Waals surface area contributed by atoms with Gasteiger partial charge in [0.15, 0.2) is 0 Å². The zero-order chi connectivity index (χ0) is 11.7. The van der Waals surface area contributed by atoms with Crippen LogP contribution in [0.1, 0.15) is 18.5 Å². The summed E-state index contributed by atoms with van der Waals surface area (Å²) in [6.45, 7) is 2.27. The van der Waals surface area contributed by atoms with Crippen LogP contribution in [-0.2, 0) is 4.79 Å². The number of carbonyl (C=O) groups is 1. The average Bonchev–Trinajstić information content (AvgIpc) is 2.63. The van der Waals surface area contributed by atoms with Gasteiger partial charge in [-0.05, 0) is 13.3 Å². The number of aromatic nitrogens is 1. The van der Waals surface area contributed by atoms with Gasteiger partial charge in [-0.1, -0.05) is 0 Å². The van der Waals surface area contributed by atoms with Crippen molar-refractivity contribution >= 4 is 17.4 Å². The van der Waals surface area contributed by atoms with Crippen LogP contribution in [0.25, 0.3) is 0 Å². The molecule has 0 bridgehead atoms. The first kappa shape index (κ1) is 10.5. The average molecular weight is 221 g/mol. The molecule has 6 nitrogen and oxygen atoms in total. The molecule has 0 radical (unpaired) electrons. The lowest BCUT2D eigenvalue weighted by Crippen LogP contribution is -2.25. The molecule has 1 amide bonds. The van der Waals surface area contributed by atoms with Crippen molar-refractivity contribution < 1.29 is 9.72 Å². The number of carbonyl (C=O) groups excluding carboxylic acids is 1. The van der Waals surface area contributed by atoms with Crippen LogP contribution in [0.15, 0.2) is 12.1 Å². The van der Waals surface area contributed by atoms with Crippen molar-refractivity contribution in [1.29, 1.82) is 0 Å². The van der Waals surface area contributed by atoms with Crippen LogP contribution in [0.4, 0.5) is 11.5 Å². The summed E-state index contributed by atoms with van der Waals surface area (Å²) < 4.78 is 0. The van der Waals surface area contributed by atoms with E-state index in [1.807, 2.05) is 0 Å². The van der Waals surface area contributed by atoms with E-state index in [4.69, 9.17) is 0 Å². The number of anilines is 1. The van der Waals surface area contributed by atoms with Gasteiger partial charge in [0, 0.05) is 24.7 Å². The Balaban J connectivity index is 2.40. The molecule has 0 N–H and O–H groups in total.